The van der Waals surface area contributed by atoms with E-state index in [1.54, 1.807) is 10.9 Å². The summed E-state index contributed by atoms with van der Waals surface area (Å²) in [5.41, 5.74) is 8.09. The predicted molar refractivity (Wildman–Crippen MR) is 94.2 cm³/mol. The summed E-state index contributed by atoms with van der Waals surface area (Å²) in [4.78, 5) is 12.2. The number of carbonyl (C=O) groups excluding carboxylic acids is 1. The topological polar surface area (TPSA) is 82.2 Å². The lowest BCUT2D eigenvalue weighted by Gasteiger charge is -2.26. The molecule has 24 heavy (non-hydrogen) atoms. The first-order chi connectivity index (χ1) is 11.2. The first-order valence-electron chi connectivity index (χ1n) is 7.94. The highest BCUT2D eigenvalue weighted by molar-refractivity contribution is 5.85. The third kappa shape index (κ3) is 4.56. The Labute approximate surface area is 147 Å². The van der Waals surface area contributed by atoms with E-state index < -0.39 is 6.04 Å². The number of ether oxygens (including phenoxy) is 1. The van der Waals surface area contributed by atoms with Crippen molar-refractivity contribution >= 4 is 18.3 Å². The summed E-state index contributed by atoms with van der Waals surface area (Å²) >= 11 is 0. The number of hydrogen-bond acceptors (Lipinski definition) is 4. The number of halogens is 1. The van der Waals surface area contributed by atoms with Crippen LogP contribution < -0.4 is 11.1 Å². The van der Waals surface area contributed by atoms with Crippen LogP contribution >= 0.6 is 12.4 Å². The number of nitrogens with one attached hydrogen (secondary N) is 1. The van der Waals surface area contributed by atoms with E-state index in [9.17, 15) is 4.79 Å². The van der Waals surface area contributed by atoms with Gasteiger partial charge in [-0.3, -0.25) is 4.79 Å². The summed E-state index contributed by atoms with van der Waals surface area (Å²) in [7, 11) is 0. The van der Waals surface area contributed by atoms with E-state index in [2.05, 4.69) is 10.4 Å². The van der Waals surface area contributed by atoms with Crippen molar-refractivity contribution in [3.8, 4) is 5.69 Å². The third-order valence-electron chi connectivity index (χ3n) is 4.25. The van der Waals surface area contributed by atoms with Crippen LogP contribution in [-0.2, 0) is 16.1 Å². The van der Waals surface area contributed by atoms with E-state index in [1.165, 1.54) is 0 Å². The maximum Gasteiger partial charge on any atom is 0.237 e. The van der Waals surface area contributed by atoms with Crippen LogP contribution in [0.4, 0.5) is 0 Å². The fourth-order valence-corrected chi connectivity index (χ4v) is 2.78. The third-order valence-corrected chi connectivity index (χ3v) is 4.25. The van der Waals surface area contributed by atoms with Crippen LogP contribution in [0.15, 0.2) is 42.7 Å². The average molecular weight is 351 g/mol. The summed E-state index contributed by atoms with van der Waals surface area (Å²) in [5, 5.41) is 7.11. The standard InChI is InChI=1S/C17H22N4O2.ClH/c18-16(14-6-10-23-11-7-14)17(22)19-12-13-2-4-15(5-3-13)21-9-1-8-20-21;/h1-5,8-9,14,16H,6-7,10-12,18H2,(H,19,22);1H. The van der Waals surface area contributed by atoms with Gasteiger partial charge in [0.2, 0.25) is 5.91 Å². The molecule has 1 aliphatic heterocycles. The molecule has 1 fully saturated rings. The van der Waals surface area contributed by atoms with Gasteiger partial charge in [0.1, 0.15) is 0 Å². The molecule has 2 heterocycles. The summed E-state index contributed by atoms with van der Waals surface area (Å²) in [5.74, 6) is 0.124. The van der Waals surface area contributed by atoms with Gasteiger partial charge in [-0.25, -0.2) is 4.68 Å². The molecule has 1 aliphatic rings. The Bertz CT molecular complexity index is 625. The molecule has 1 aromatic heterocycles. The maximum atomic E-state index is 12.2. The maximum absolute atomic E-state index is 12.2. The van der Waals surface area contributed by atoms with E-state index in [0.29, 0.717) is 19.8 Å². The molecule has 3 rings (SSSR count). The van der Waals surface area contributed by atoms with Crippen molar-refractivity contribution in [1.82, 2.24) is 15.1 Å². The Morgan fingerprint density at radius 3 is 2.67 bits per heavy atom. The quantitative estimate of drug-likeness (QED) is 0.859. The lowest BCUT2D eigenvalue weighted by atomic mass is 9.92. The molecule has 1 saturated heterocycles. The van der Waals surface area contributed by atoms with Crippen LogP contribution in [0.25, 0.3) is 5.69 Å². The van der Waals surface area contributed by atoms with Crippen molar-refractivity contribution in [3.63, 3.8) is 0 Å². The SMILES string of the molecule is Cl.NC(C(=O)NCc1ccc(-n2cccn2)cc1)C1CCOCC1. The number of aromatic nitrogens is 2. The van der Waals surface area contributed by atoms with Crippen LogP contribution in [0.2, 0.25) is 0 Å². The van der Waals surface area contributed by atoms with Crippen LogP contribution in [-0.4, -0.2) is 34.9 Å². The van der Waals surface area contributed by atoms with Gasteiger partial charge in [0.15, 0.2) is 0 Å². The molecule has 7 heteroatoms. The van der Waals surface area contributed by atoms with Crippen molar-refractivity contribution in [3.05, 3.63) is 48.3 Å². The Balaban J connectivity index is 0.00000208. The van der Waals surface area contributed by atoms with E-state index in [4.69, 9.17) is 10.5 Å². The highest BCUT2D eigenvalue weighted by Crippen LogP contribution is 2.17. The van der Waals surface area contributed by atoms with E-state index in [1.807, 2.05) is 36.5 Å². The Morgan fingerprint density at radius 2 is 2.04 bits per heavy atom. The summed E-state index contributed by atoms with van der Waals surface area (Å²) in [6.45, 7) is 1.87. The monoisotopic (exact) mass is 350 g/mol. The van der Waals surface area contributed by atoms with E-state index in [0.717, 1.165) is 24.1 Å². The zero-order chi connectivity index (χ0) is 16.1. The molecule has 1 unspecified atom stereocenters. The smallest absolute Gasteiger partial charge is 0.237 e. The summed E-state index contributed by atoms with van der Waals surface area (Å²) < 4.78 is 7.10. The fraction of sp³-hybridized carbons (Fsp3) is 0.412. The van der Waals surface area contributed by atoms with Crippen molar-refractivity contribution < 1.29 is 9.53 Å². The zero-order valence-electron chi connectivity index (χ0n) is 13.4. The van der Waals surface area contributed by atoms with Crippen molar-refractivity contribution in [1.29, 1.82) is 0 Å². The minimum absolute atomic E-state index is 0. The highest BCUT2D eigenvalue weighted by Gasteiger charge is 2.26. The molecule has 0 saturated carbocycles. The van der Waals surface area contributed by atoms with E-state index in [-0.39, 0.29) is 24.2 Å². The van der Waals surface area contributed by atoms with E-state index >= 15 is 0 Å². The molecule has 0 radical (unpaired) electrons. The van der Waals surface area contributed by atoms with Crippen molar-refractivity contribution in [2.75, 3.05) is 13.2 Å². The normalized spacial score (nSPS) is 16.2. The molecule has 1 atom stereocenters. The number of hydrogen-bond donors (Lipinski definition) is 2. The first-order valence-corrected chi connectivity index (χ1v) is 7.94. The minimum atomic E-state index is -0.456. The molecule has 1 amide bonds. The van der Waals surface area contributed by atoms with Gasteiger partial charge in [-0.15, -0.1) is 12.4 Å². The number of carbonyl (C=O) groups is 1. The number of nitrogens with zero attached hydrogens (tertiary/aromatic N) is 2. The average Bonchev–Trinajstić information content (AvgIpc) is 3.15. The van der Waals surface area contributed by atoms with Gasteiger partial charge in [0.25, 0.3) is 0 Å². The zero-order valence-corrected chi connectivity index (χ0v) is 14.2. The molecule has 1 aromatic carbocycles. The second kappa shape index (κ2) is 8.82. The molecule has 2 aromatic rings. The van der Waals surface area contributed by atoms with Crippen molar-refractivity contribution in [2.45, 2.75) is 25.4 Å². The second-order valence-corrected chi connectivity index (χ2v) is 5.81. The highest BCUT2D eigenvalue weighted by atomic mass is 35.5. The van der Waals surface area contributed by atoms with Gasteiger partial charge < -0.3 is 15.8 Å². The van der Waals surface area contributed by atoms with Crippen LogP contribution in [0.3, 0.4) is 0 Å². The van der Waals surface area contributed by atoms with Crippen LogP contribution in [0, 0.1) is 5.92 Å². The Kier molecular flexibility index (Phi) is 6.78. The number of amides is 1. The molecule has 0 bridgehead atoms. The first kappa shape index (κ1) is 18.4. The summed E-state index contributed by atoms with van der Waals surface area (Å²) in [6.07, 6.45) is 5.34. The molecular formula is C17H23ClN4O2. The predicted octanol–water partition coefficient (Wildman–Crippen LogP) is 1.66. The summed E-state index contributed by atoms with van der Waals surface area (Å²) in [6, 6.07) is 9.35. The largest absolute Gasteiger partial charge is 0.381 e. The number of nitrogens with two attached hydrogens (primary N) is 1. The van der Waals surface area contributed by atoms with Gasteiger partial charge in [-0.1, -0.05) is 12.1 Å². The number of rotatable bonds is 5. The molecule has 130 valence electrons. The van der Waals surface area contributed by atoms with Gasteiger partial charge in [0, 0.05) is 32.2 Å². The Hall–Kier alpha value is -1.89. The Morgan fingerprint density at radius 1 is 1.33 bits per heavy atom. The van der Waals surface area contributed by atoms with Crippen LogP contribution in [0.1, 0.15) is 18.4 Å². The molecular weight excluding hydrogens is 328 g/mol. The molecule has 0 aliphatic carbocycles. The molecule has 6 nitrogen and oxygen atoms in total. The molecule has 0 spiro atoms. The lowest BCUT2D eigenvalue weighted by Crippen LogP contribution is -2.46. The minimum Gasteiger partial charge on any atom is -0.381 e. The van der Waals surface area contributed by atoms with Crippen LogP contribution in [0.5, 0.6) is 0 Å². The van der Waals surface area contributed by atoms with Gasteiger partial charge in [-0.2, -0.15) is 5.10 Å². The second-order valence-electron chi connectivity index (χ2n) is 5.81. The lowest BCUT2D eigenvalue weighted by molar-refractivity contribution is -0.124. The van der Waals surface area contributed by atoms with Gasteiger partial charge >= 0.3 is 0 Å². The number of benzene rings is 1. The van der Waals surface area contributed by atoms with Gasteiger partial charge in [-0.05, 0) is 42.5 Å². The fourth-order valence-electron chi connectivity index (χ4n) is 2.78. The van der Waals surface area contributed by atoms with Gasteiger partial charge in [0.05, 0.1) is 11.7 Å². The van der Waals surface area contributed by atoms with Crippen molar-refractivity contribution in [2.24, 2.45) is 11.7 Å². The molecule has 3 N–H and O–H groups in total.